The van der Waals surface area contributed by atoms with Crippen LogP contribution in [-0.2, 0) is 0 Å². The maximum absolute atomic E-state index is 5.58. The van der Waals surface area contributed by atoms with Crippen LogP contribution in [0.2, 0.25) is 0 Å². The van der Waals surface area contributed by atoms with Crippen molar-refractivity contribution < 1.29 is 0 Å². The Balaban J connectivity index is 4.80. The largest absolute Gasteiger partial charge is 0.386 e. The summed E-state index contributed by atoms with van der Waals surface area (Å²) in [6.45, 7) is 10.6. The summed E-state index contributed by atoms with van der Waals surface area (Å²) < 4.78 is 0. The van der Waals surface area contributed by atoms with Gasteiger partial charge in [-0.1, -0.05) is 34.6 Å². The molecule has 66 valence electrons. The Bertz CT molecular complexity index is 157. The van der Waals surface area contributed by atoms with E-state index in [1.165, 1.54) is 0 Å². The third kappa shape index (κ3) is 2.83. The van der Waals surface area contributed by atoms with E-state index in [-0.39, 0.29) is 5.41 Å². The molecular weight excluding hydrogens is 136 g/mol. The average Bonchev–Trinajstić information content (AvgIpc) is 1.54. The Morgan fingerprint density at radius 1 is 1.09 bits per heavy atom. The van der Waals surface area contributed by atoms with Gasteiger partial charge >= 0.3 is 0 Å². The quantitative estimate of drug-likeness (QED) is 0.608. The van der Waals surface area contributed by atoms with E-state index in [1.54, 1.807) is 0 Å². The van der Waals surface area contributed by atoms with E-state index in [9.17, 15) is 0 Å². The molecule has 2 heteroatoms. The van der Waals surface area contributed by atoms with Crippen LogP contribution in [0.15, 0.2) is 11.4 Å². The molecule has 0 aliphatic heterocycles. The van der Waals surface area contributed by atoms with E-state index in [0.29, 0.717) is 11.7 Å². The third-order valence-corrected chi connectivity index (χ3v) is 1.70. The highest BCUT2D eigenvalue weighted by molar-refractivity contribution is 5.17. The second kappa shape index (κ2) is 3.16. The standard InChI is InChI=1S/C9H20N2/c1-6(2)7(8(10)11)9(3,4)5/h6H,10-11H2,1-5H3. The number of allylic oxidation sites excluding steroid dienone is 1. The van der Waals surface area contributed by atoms with Gasteiger partial charge in [-0.3, -0.25) is 0 Å². The molecule has 0 saturated carbocycles. The molecule has 0 amide bonds. The molecule has 0 aromatic heterocycles. The molecule has 0 bridgehead atoms. The lowest BCUT2D eigenvalue weighted by atomic mass is 9.80. The minimum atomic E-state index is 0.0903. The van der Waals surface area contributed by atoms with E-state index < -0.39 is 0 Å². The van der Waals surface area contributed by atoms with Gasteiger partial charge in [0.1, 0.15) is 0 Å². The molecule has 0 unspecified atom stereocenters. The lowest BCUT2D eigenvalue weighted by Gasteiger charge is -2.27. The second-order valence-corrected chi connectivity index (χ2v) is 4.27. The first-order chi connectivity index (χ1) is 4.76. The maximum atomic E-state index is 5.58. The van der Waals surface area contributed by atoms with Crippen molar-refractivity contribution in [1.82, 2.24) is 0 Å². The van der Waals surface area contributed by atoms with E-state index >= 15 is 0 Å². The molecule has 0 aromatic rings. The topological polar surface area (TPSA) is 52.0 Å². The zero-order chi connectivity index (χ0) is 9.23. The van der Waals surface area contributed by atoms with Gasteiger partial charge in [0.25, 0.3) is 0 Å². The van der Waals surface area contributed by atoms with Gasteiger partial charge in [-0.2, -0.15) is 0 Å². The molecule has 0 rings (SSSR count). The molecule has 0 heterocycles. The molecule has 11 heavy (non-hydrogen) atoms. The molecule has 0 atom stereocenters. The Kier molecular flexibility index (Phi) is 2.97. The molecule has 0 aliphatic rings. The number of rotatable bonds is 1. The Morgan fingerprint density at radius 3 is 1.45 bits per heavy atom. The Labute approximate surface area is 69.6 Å². The van der Waals surface area contributed by atoms with E-state index in [0.717, 1.165) is 5.57 Å². The van der Waals surface area contributed by atoms with Gasteiger partial charge in [0.05, 0.1) is 5.82 Å². The SMILES string of the molecule is CC(C)C(=C(N)N)C(C)(C)C. The summed E-state index contributed by atoms with van der Waals surface area (Å²) in [6.07, 6.45) is 0. The van der Waals surface area contributed by atoms with Gasteiger partial charge in [-0.05, 0) is 16.9 Å². The van der Waals surface area contributed by atoms with Gasteiger partial charge in [0.15, 0.2) is 0 Å². The summed E-state index contributed by atoms with van der Waals surface area (Å²) in [4.78, 5) is 0. The normalized spacial score (nSPS) is 11.8. The van der Waals surface area contributed by atoms with Crippen molar-refractivity contribution in [2.24, 2.45) is 22.8 Å². The summed E-state index contributed by atoms with van der Waals surface area (Å²) in [7, 11) is 0. The third-order valence-electron chi connectivity index (χ3n) is 1.70. The molecular formula is C9H20N2. The van der Waals surface area contributed by atoms with Crippen LogP contribution in [0.4, 0.5) is 0 Å². The van der Waals surface area contributed by atoms with Gasteiger partial charge < -0.3 is 11.5 Å². The van der Waals surface area contributed by atoms with E-state index in [1.807, 2.05) is 0 Å². The fourth-order valence-corrected chi connectivity index (χ4v) is 1.63. The van der Waals surface area contributed by atoms with Crippen molar-refractivity contribution in [1.29, 1.82) is 0 Å². The van der Waals surface area contributed by atoms with Crippen molar-refractivity contribution >= 4 is 0 Å². The number of hydrogen-bond donors (Lipinski definition) is 2. The van der Waals surface area contributed by atoms with Crippen molar-refractivity contribution in [3.05, 3.63) is 11.4 Å². The first kappa shape index (κ1) is 10.3. The summed E-state index contributed by atoms with van der Waals surface area (Å²) in [6, 6.07) is 0. The van der Waals surface area contributed by atoms with Gasteiger partial charge in [0, 0.05) is 0 Å². The average molecular weight is 156 g/mol. The van der Waals surface area contributed by atoms with Crippen LogP contribution in [0.5, 0.6) is 0 Å². The summed E-state index contributed by atoms with van der Waals surface area (Å²) in [5.41, 5.74) is 12.4. The van der Waals surface area contributed by atoms with Crippen molar-refractivity contribution in [2.75, 3.05) is 0 Å². The van der Waals surface area contributed by atoms with Crippen molar-refractivity contribution in [3.8, 4) is 0 Å². The number of nitrogens with two attached hydrogens (primary N) is 2. The smallest absolute Gasteiger partial charge is 0.0933 e. The first-order valence-electron chi connectivity index (χ1n) is 4.02. The number of hydrogen-bond acceptors (Lipinski definition) is 2. The molecule has 0 aliphatic carbocycles. The molecule has 0 fully saturated rings. The Hall–Kier alpha value is -0.660. The maximum Gasteiger partial charge on any atom is 0.0933 e. The monoisotopic (exact) mass is 156 g/mol. The van der Waals surface area contributed by atoms with Crippen LogP contribution in [0.1, 0.15) is 34.6 Å². The van der Waals surface area contributed by atoms with Crippen LogP contribution < -0.4 is 11.5 Å². The first-order valence-corrected chi connectivity index (χ1v) is 4.02. The van der Waals surface area contributed by atoms with Crippen LogP contribution in [-0.4, -0.2) is 0 Å². The van der Waals surface area contributed by atoms with Crippen LogP contribution in [0, 0.1) is 11.3 Å². The van der Waals surface area contributed by atoms with Gasteiger partial charge in [-0.25, -0.2) is 0 Å². The van der Waals surface area contributed by atoms with Gasteiger partial charge in [-0.15, -0.1) is 0 Å². The molecule has 0 spiro atoms. The minimum absolute atomic E-state index is 0.0903. The highest BCUT2D eigenvalue weighted by atomic mass is 14.8. The second-order valence-electron chi connectivity index (χ2n) is 4.27. The zero-order valence-corrected chi connectivity index (χ0v) is 8.23. The van der Waals surface area contributed by atoms with Crippen LogP contribution >= 0.6 is 0 Å². The predicted octanol–water partition coefficient (Wildman–Crippen LogP) is 1.82. The summed E-state index contributed by atoms with van der Waals surface area (Å²) in [5, 5.41) is 0. The highest BCUT2D eigenvalue weighted by Crippen LogP contribution is 2.31. The molecule has 2 nitrogen and oxygen atoms in total. The van der Waals surface area contributed by atoms with E-state index in [4.69, 9.17) is 11.5 Å². The molecule has 0 saturated heterocycles. The molecule has 0 aromatic carbocycles. The zero-order valence-electron chi connectivity index (χ0n) is 8.23. The fraction of sp³-hybridized carbons (Fsp3) is 0.778. The predicted molar refractivity (Wildman–Crippen MR) is 49.7 cm³/mol. The highest BCUT2D eigenvalue weighted by Gasteiger charge is 2.21. The Morgan fingerprint density at radius 2 is 1.45 bits per heavy atom. The minimum Gasteiger partial charge on any atom is -0.386 e. The lowest BCUT2D eigenvalue weighted by Crippen LogP contribution is -2.24. The lowest BCUT2D eigenvalue weighted by molar-refractivity contribution is 0.440. The summed E-state index contributed by atoms with van der Waals surface area (Å²) in [5.74, 6) is 0.910. The van der Waals surface area contributed by atoms with Crippen LogP contribution in [0.25, 0.3) is 0 Å². The van der Waals surface area contributed by atoms with E-state index in [2.05, 4.69) is 34.6 Å². The summed E-state index contributed by atoms with van der Waals surface area (Å²) >= 11 is 0. The molecule has 0 radical (unpaired) electrons. The molecule has 4 N–H and O–H groups in total. The van der Waals surface area contributed by atoms with Crippen molar-refractivity contribution in [3.63, 3.8) is 0 Å². The van der Waals surface area contributed by atoms with Crippen molar-refractivity contribution in [2.45, 2.75) is 34.6 Å². The van der Waals surface area contributed by atoms with Crippen LogP contribution in [0.3, 0.4) is 0 Å². The van der Waals surface area contributed by atoms with Gasteiger partial charge in [0.2, 0.25) is 0 Å². The fourth-order valence-electron chi connectivity index (χ4n) is 1.63.